The molecule has 0 saturated heterocycles. The molecule has 0 aliphatic carbocycles. The maximum absolute atomic E-state index is 14.1. The Labute approximate surface area is 128 Å². The first-order valence-corrected chi connectivity index (χ1v) is 7.36. The first kappa shape index (κ1) is 15.9. The molecule has 1 N–H and O–H groups in total. The van der Waals surface area contributed by atoms with E-state index in [4.69, 9.17) is 11.6 Å². The molecular weight excluding hydrogens is 292 g/mol. The molecular formula is C17H18ClF2N. The van der Waals surface area contributed by atoms with Gasteiger partial charge in [0.15, 0.2) is 11.6 Å². The first-order valence-electron chi connectivity index (χ1n) is 6.98. The SMILES string of the molecule is CCCNC(c1cccc(F)c1F)c1cccc(C)c1Cl. The summed E-state index contributed by atoms with van der Waals surface area (Å²) in [5.74, 6) is -1.68. The zero-order valence-electron chi connectivity index (χ0n) is 12.1. The van der Waals surface area contributed by atoms with Crippen molar-refractivity contribution in [3.05, 3.63) is 69.7 Å². The van der Waals surface area contributed by atoms with Gasteiger partial charge in [0.2, 0.25) is 0 Å². The lowest BCUT2D eigenvalue weighted by Crippen LogP contribution is -2.25. The van der Waals surface area contributed by atoms with E-state index in [9.17, 15) is 8.78 Å². The molecule has 1 unspecified atom stereocenters. The minimum Gasteiger partial charge on any atom is -0.306 e. The molecule has 0 spiro atoms. The molecule has 4 heteroatoms. The van der Waals surface area contributed by atoms with Crippen LogP contribution in [0.3, 0.4) is 0 Å². The molecule has 0 saturated carbocycles. The standard InChI is InChI=1S/C17H18ClF2N/c1-3-10-21-17(12-7-4-6-11(2)15(12)18)13-8-5-9-14(19)16(13)20/h4-9,17,21H,3,10H2,1-2H3. The van der Waals surface area contributed by atoms with Crippen molar-refractivity contribution in [3.63, 3.8) is 0 Å². The van der Waals surface area contributed by atoms with Crippen LogP contribution in [0.4, 0.5) is 8.78 Å². The maximum atomic E-state index is 14.1. The van der Waals surface area contributed by atoms with E-state index in [0.29, 0.717) is 11.6 Å². The lowest BCUT2D eigenvalue weighted by atomic mass is 9.96. The Kier molecular flexibility index (Phi) is 5.32. The van der Waals surface area contributed by atoms with E-state index in [1.54, 1.807) is 6.07 Å². The largest absolute Gasteiger partial charge is 0.306 e. The monoisotopic (exact) mass is 309 g/mol. The minimum absolute atomic E-state index is 0.274. The summed E-state index contributed by atoms with van der Waals surface area (Å²) in [4.78, 5) is 0. The van der Waals surface area contributed by atoms with Crippen LogP contribution in [0.25, 0.3) is 0 Å². The van der Waals surface area contributed by atoms with Gasteiger partial charge in [-0.15, -0.1) is 0 Å². The van der Waals surface area contributed by atoms with Crippen molar-refractivity contribution in [1.29, 1.82) is 0 Å². The molecule has 2 rings (SSSR count). The van der Waals surface area contributed by atoms with Crippen molar-refractivity contribution in [2.24, 2.45) is 0 Å². The van der Waals surface area contributed by atoms with Gasteiger partial charge in [-0.2, -0.15) is 0 Å². The van der Waals surface area contributed by atoms with Gasteiger partial charge < -0.3 is 5.32 Å². The van der Waals surface area contributed by atoms with E-state index in [1.165, 1.54) is 6.07 Å². The third-order valence-electron chi connectivity index (χ3n) is 3.42. The van der Waals surface area contributed by atoms with Crippen LogP contribution in [-0.4, -0.2) is 6.54 Å². The van der Waals surface area contributed by atoms with Gasteiger partial charge in [-0.25, -0.2) is 8.78 Å². The van der Waals surface area contributed by atoms with Crippen molar-refractivity contribution in [1.82, 2.24) is 5.32 Å². The highest BCUT2D eigenvalue weighted by molar-refractivity contribution is 6.32. The van der Waals surface area contributed by atoms with Crippen LogP contribution < -0.4 is 5.32 Å². The second-order valence-corrected chi connectivity index (χ2v) is 5.39. The van der Waals surface area contributed by atoms with Crippen molar-refractivity contribution in [2.45, 2.75) is 26.3 Å². The van der Waals surface area contributed by atoms with Gasteiger partial charge in [0.05, 0.1) is 6.04 Å². The number of hydrogen-bond donors (Lipinski definition) is 1. The highest BCUT2D eigenvalue weighted by Gasteiger charge is 2.22. The van der Waals surface area contributed by atoms with E-state index in [1.807, 2.05) is 32.0 Å². The Hall–Kier alpha value is -1.45. The molecule has 1 atom stereocenters. The van der Waals surface area contributed by atoms with Gasteiger partial charge in [-0.3, -0.25) is 0 Å². The summed E-state index contributed by atoms with van der Waals surface area (Å²) in [6.45, 7) is 4.60. The molecule has 0 amide bonds. The predicted molar refractivity (Wildman–Crippen MR) is 82.7 cm³/mol. The third kappa shape index (κ3) is 3.42. The van der Waals surface area contributed by atoms with Crippen LogP contribution >= 0.6 is 11.6 Å². The number of benzene rings is 2. The summed E-state index contributed by atoms with van der Waals surface area (Å²) in [6, 6.07) is 9.36. The van der Waals surface area contributed by atoms with Crippen LogP contribution in [-0.2, 0) is 0 Å². The van der Waals surface area contributed by atoms with E-state index in [0.717, 1.165) is 23.6 Å². The number of rotatable bonds is 5. The summed E-state index contributed by atoms with van der Waals surface area (Å²) in [5.41, 5.74) is 1.94. The summed E-state index contributed by atoms with van der Waals surface area (Å²) >= 11 is 6.35. The highest BCUT2D eigenvalue weighted by atomic mass is 35.5. The second kappa shape index (κ2) is 7.01. The molecule has 0 aromatic heterocycles. The van der Waals surface area contributed by atoms with Gasteiger partial charge in [0, 0.05) is 10.6 Å². The van der Waals surface area contributed by atoms with E-state index in [2.05, 4.69) is 5.32 Å². The smallest absolute Gasteiger partial charge is 0.163 e. The zero-order valence-corrected chi connectivity index (χ0v) is 12.8. The molecule has 1 nitrogen and oxygen atoms in total. The molecule has 0 aliphatic heterocycles. The fourth-order valence-corrected chi connectivity index (χ4v) is 2.55. The zero-order chi connectivity index (χ0) is 15.4. The van der Waals surface area contributed by atoms with Crippen LogP contribution in [0.15, 0.2) is 36.4 Å². The molecule has 0 fully saturated rings. The lowest BCUT2D eigenvalue weighted by molar-refractivity contribution is 0.480. The van der Waals surface area contributed by atoms with Crippen molar-refractivity contribution in [2.75, 3.05) is 6.54 Å². The number of aryl methyl sites for hydroxylation is 1. The molecule has 112 valence electrons. The average Bonchev–Trinajstić information content (AvgIpc) is 2.47. The Balaban J connectivity index is 2.52. The summed E-state index contributed by atoms with van der Waals surface area (Å²) in [7, 11) is 0. The quantitative estimate of drug-likeness (QED) is 0.818. The average molecular weight is 310 g/mol. The second-order valence-electron chi connectivity index (χ2n) is 5.01. The molecule has 0 radical (unpaired) electrons. The van der Waals surface area contributed by atoms with Gasteiger partial charge in [-0.1, -0.05) is 48.9 Å². The molecule has 0 bridgehead atoms. The number of hydrogen-bond acceptors (Lipinski definition) is 1. The Morgan fingerprint density at radius 2 is 1.76 bits per heavy atom. The number of nitrogens with one attached hydrogen (secondary N) is 1. The summed E-state index contributed by atoms with van der Waals surface area (Å²) < 4.78 is 27.7. The topological polar surface area (TPSA) is 12.0 Å². The molecule has 2 aromatic carbocycles. The Bertz CT molecular complexity index is 577. The van der Waals surface area contributed by atoms with Crippen molar-refractivity contribution < 1.29 is 8.78 Å². The fourth-order valence-electron chi connectivity index (χ4n) is 2.31. The van der Waals surface area contributed by atoms with Crippen LogP contribution in [0, 0.1) is 18.6 Å². The van der Waals surface area contributed by atoms with Crippen LogP contribution in [0.1, 0.15) is 36.1 Å². The third-order valence-corrected chi connectivity index (χ3v) is 3.94. The van der Waals surface area contributed by atoms with E-state index in [-0.39, 0.29) is 5.56 Å². The normalized spacial score (nSPS) is 12.4. The van der Waals surface area contributed by atoms with Gasteiger partial charge >= 0.3 is 0 Å². The van der Waals surface area contributed by atoms with E-state index >= 15 is 0 Å². The van der Waals surface area contributed by atoms with Crippen LogP contribution in [0.5, 0.6) is 0 Å². The first-order chi connectivity index (χ1) is 10.1. The molecule has 0 aliphatic rings. The van der Waals surface area contributed by atoms with Crippen molar-refractivity contribution in [3.8, 4) is 0 Å². The van der Waals surface area contributed by atoms with Gasteiger partial charge in [0.1, 0.15) is 0 Å². The number of halogens is 3. The summed E-state index contributed by atoms with van der Waals surface area (Å²) in [6.07, 6.45) is 0.886. The van der Waals surface area contributed by atoms with Gasteiger partial charge in [-0.05, 0) is 37.1 Å². The van der Waals surface area contributed by atoms with Gasteiger partial charge in [0.25, 0.3) is 0 Å². The van der Waals surface area contributed by atoms with E-state index < -0.39 is 17.7 Å². The van der Waals surface area contributed by atoms with Crippen LogP contribution in [0.2, 0.25) is 5.02 Å². The Morgan fingerprint density at radius 3 is 2.48 bits per heavy atom. The lowest BCUT2D eigenvalue weighted by Gasteiger charge is -2.22. The Morgan fingerprint density at radius 1 is 1.10 bits per heavy atom. The fraction of sp³-hybridized carbons (Fsp3) is 0.294. The maximum Gasteiger partial charge on any atom is 0.163 e. The summed E-state index contributed by atoms with van der Waals surface area (Å²) in [5, 5.41) is 3.83. The minimum atomic E-state index is -0.848. The molecule has 0 heterocycles. The van der Waals surface area contributed by atoms with Crippen molar-refractivity contribution >= 4 is 11.6 Å². The molecule has 21 heavy (non-hydrogen) atoms. The molecule has 2 aromatic rings. The highest BCUT2D eigenvalue weighted by Crippen LogP contribution is 2.32. The predicted octanol–water partition coefficient (Wildman–Crippen LogP) is 5.02.